The van der Waals surface area contributed by atoms with Crippen LogP contribution in [0.3, 0.4) is 0 Å². The Kier molecular flexibility index (Phi) is 7.38. The van der Waals surface area contributed by atoms with Crippen LogP contribution in [0.25, 0.3) is 22.4 Å². The lowest BCUT2D eigenvalue weighted by atomic mass is 9.83. The van der Waals surface area contributed by atoms with E-state index in [1.165, 1.54) is 0 Å². The molecular formula is C26H35N5O2. The normalized spacial score (nSPS) is 17.6. The van der Waals surface area contributed by atoms with Crippen molar-refractivity contribution in [3.05, 3.63) is 42.3 Å². The van der Waals surface area contributed by atoms with Gasteiger partial charge >= 0.3 is 0 Å². The average Bonchev–Trinajstić information content (AvgIpc) is 3.45. The van der Waals surface area contributed by atoms with E-state index in [1.807, 2.05) is 29.1 Å². The van der Waals surface area contributed by atoms with E-state index < -0.39 is 0 Å². The summed E-state index contributed by atoms with van der Waals surface area (Å²) < 4.78 is 7.78. The van der Waals surface area contributed by atoms with Gasteiger partial charge in [0.1, 0.15) is 11.5 Å². The van der Waals surface area contributed by atoms with Crippen LogP contribution < -0.4 is 5.73 Å². The van der Waals surface area contributed by atoms with E-state index in [1.54, 1.807) is 0 Å². The van der Waals surface area contributed by atoms with Gasteiger partial charge in [0.2, 0.25) is 0 Å². The number of Topliss-reactive ketones (excluding diaryl/α,β-unsaturated/α-hetero) is 1. The van der Waals surface area contributed by atoms with E-state index in [0.717, 1.165) is 78.7 Å². The average molecular weight is 450 g/mol. The first-order valence-electron chi connectivity index (χ1n) is 12.2. The summed E-state index contributed by atoms with van der Waals surface area (Å²) in [5.74, 6) is 1.22. The molecular weight excluding hydrogens is 414 g/mol. The molecule has 3 aromatic heterocycles. The van der Waals surface area contributed by atoms with Gasteiger partial charge < -0.3 is 10.3 Å². The summed E-state index contributed by atoms with van der Waals surface area (Å²) in [6.45, 7) is 8.86. The second-order valence-electron chi connectivity index (χ2n) is 9.31. The van der Waals surface area contributed by atoms with Crippen LogP contribution >= 0.6 is 0 Å². The highest BCUT2D eigenvalue weighted by molar-refractivity contribution is 5.86. The van der Waals surface area contributed by atoms with E-state index in [9.17, 15) is 4.79 Å². The lowest BCUT2D eigenvalue weighted by Crippen LogP contribution is -2.17. The number of unbranched alkanes of at least 4 members (excludes halogenated alkanes) is 1. The highest BCUT2D eigenvalue weighted by atomic mass is 16.5. The van der Waals surface area contributed by atoms with Gasteiger partial charge in [-0.25, -0.2) is 9.67 Å². The fourth-order valence-electron chi connectivity index (χ4n) is 4.83. The Morgan fingerprint density at radius 1 is 1.36 bits per heavy atom. The van der Waals surface area contributed by atoms with Crippen molar-refractivity contribution in [2.75, 3.05) is 6.54 Å². The number of carbonyl (C=O) groups excluding carboxylic acids is 1. The standard InChI is InChI=1S/C26H35N5O2/c1-4-5-6-12-23(32)20-10-7-11-21-24(30-33-25(20)21)22-14-13-19-16-28-31(26(19)29-22)18(3)17(2)9-8-15-27/h4,13-14,16-18,20H,1,5-12,15,27H2,2-3H3/t17-,18-,20+/m0/s1. The van der Waals surface area contributed by atoms with Gasteiger partial charge in [0.05, 0.1) is 23.9 Å². The number of carbonyl (C=O) groups is 1. The maximum Gasteiger partial charge on any atom is 0.158 e. The molecule has 0 fully saturated rings. The SMILES string of the molecule is C=CCCCC(=O)[C@H]1CCCc2c(-c3ccc4cnn([C@@H](C)[C@@H](C)CCCN)c4n3)noc21. The van der Waals surface area contributed by atoms with Crippen LogP contribution in [-0.2, 0) is 11.2 Å². The summed E-state index contributed by atoms with van der Waals surface area (Å²) >= 11 is 0. The van der Waals surface area contributed by atoms with Gasteiger partial charge in [-0.2, -0.15) is 5.10 Å². The molecule has 7 nitrogen and oxygen atoms in total. The number of aromatic nitrogens is 4. The molecule has 0 aromatic carbocycles. The Balaban J connectivity index is 1.62. The van der Waals surface area contributed by atoms with Crippen molar-refractivity contribution in [1.29, 1.82) is 0 Å². The molecule has 0 saturated carbocycles. The summed E-state index contributed by atoms with van der Waals surface area (Å²) in [5, 5.41) is 10.0. The van der Waals surface area contributed by atoms with Crippen molar-refractivity contribution in [2.45, 2.75) is 77.2 Å². The third-order valence-electron chi connectivity index (χ3n) is 7.03. The van der Waals surface area contributed by atoms with Gasteiger partial charge in [-0.3, -0.25) is 4.79 Å². The third kappa shape index (κ3) is 4.78. The molecule has 0 radical (unpaired) electrons. The number of fused-ring (bicyclic) bond motifs is 2. The van der Waals surface area contributed by atoms with Crippen molar-refractivity contribution < 1.29 is 9.32 Å². The highest BCUT2D eigenvalue weighted by Crippen LogP contribution is 2.38. The van der Waals surface area contributed by atoms with Gasteiger partial charge in [0.25, 0.3) is 0 Å². The molecule has 3 heterocycles. The van der Waals surface area contributed by atoms with Crippen LogP contribution in [0.4, 0.5) is 0 Å². The van der Waals surface area contributed by atoms with E-state index in [0.29, 0.717) is 18.9 Å². The van der Waals surface area contributed by atoms with Crippen molar-refractivity contribution in [2.24, 2.45) is 11.7 Å². The van der Waals surface area contributed by atoms with E-state index >= 15 is 0 Å². The van der Waals surface area contributed by atoms with Crippen LogP contribution in [0.15, 0.2) is 35.5 Å². The molecule has 1 aliphatic rings. The Morgan fingerprint density at radius 2 is 2.21 bits per heavy atom. The molecule has 0 unspecified atom stereocenters. The molecule has 33 heavy (non-hydrogen) atoms. The minimum absolute atomic E-state index is 0.197. The quantitative estimate of drug-likeness (QED) is 0.312. The van der Waals surface area contributed by atoms with Gasteiger partial charge in [-0.15, -0.1) is 6.58 Å². The Bertz CT molecular complexity index is 1120. The minimum Gasteiger partial charge on any atom is -0.360 e. The molecule has 7 heteroatoms. The first kappa shape index (κ1) is 23.4. The molecule has 1 aliphatic carbocycles. The summed E-state index contributed by atoms with van der Waals surface area (Å²) in [7, 11) is 0. The summed E-state index contributed by atoms with van der Waals surface area (Å²) in [5.41, 5.74) is 9.11. The first-order valence-corrected chi connectivity index (χ1v) is 12.2. The van der Waals surface area contributed by atoms with Crippen LogP contribution in [0.2, 0.25) is 0 Å². The molecule has 0 spiro atoms. The van der Waals surface area contributed by atoms with Crippen LogP contribution in [0.5, 0.6) is 0 Å². The maximum atomic E-state index is 12.8. The summed E-state index contributed by atoms with van der Waals surface area (Å²) in [6.07, 6.45) is 10.7. The molecule has 3 atom stereocenters. The molecule has 0 amide bonds. The second kappa shape index (κ2) is 10.4. The number of hydrogen-bond acceptors (Lipinski definition) is 6. The van der Waals surface area contributed by atoms with Gasteiger partial charge in [-0.05, 0) is 76.5 Å². The van der Waals surface area contributed by atoms with Crippen molar-refractivity contribution in [3.8, 4) is 11.4 Å². The number of ketones is 1. The van der Waals surface area contributed by atoms with E-state index in [2.05, 4.69) is 30.7 Å². The zero-order valence-electron chi connectivity index (χ0n) is 19.8. The minimum atomic E-state index is -0.197. The highest BCUT2D eigenvalue weighted by Gasteiger charge is 2.33. The van der Waals surface area contributed by atoms with E-state index in [4.69, 9.17) is 15.2 Å². The number of nitrogens with two attached hydrogens (primary N) is 1. The van der Waals surface area contributed by atoms with Crippen molar-refractivity contribution >= 4 is 16.8 Å². The van der Waals surface area contributed by atoms with Gasteiger partial charge in [0, 0.05) is 17.4 Å². The molecule has 0 saturated heterocycles. The number of rotatable bonds is 11. The number of allylic oxidation sites excluding steroid dienone is 1. The van der Waals surface area contributed by atoms with Gasteiger partial charge in [-0.1, -0.05) is 18.2 Å². The number of pyridine rings is 1. The van der Waals surface area contributed by atoms with Gasteiger partial charge in [0.15, 0.2) is 11.4 Å². The first-order chi connectivity index (χ1) is 16.0. The lowest BCUT2D eigenvalue weighted by molar-refractivity contribution is -0.121. The molecule has 176 valence electrons. The predicted molar refractivity (Wildman–Crippen MR) is 130 cm³/mol. The Labute approximate surface area is 195 Å². The van der Waals surface area contributed by atoms with Crippen LogP contribution in [0.1, 0.15) is 82.1 Å². The molecule has 2 N–H and O–H groups in total. The predicted octanol–water partition coefficient (Wildman–Crippen LogP) is 5.37. The maximum absolute atomic E-state index is 12.8. The number of nitrogens with zero attached hydrogens (tertiary/aromatic N) is 4. The molecule has 0 aliphatic heterocycles. The topological polar surface area (TPSA) is 99.8 Å². The number of hydrogen-bond donors (Lipinski definition) is 1. The van der Waals surface area contributed by atoms with Crippen molar-refractivity contribution in [1.82, 2.24) is 19.9 Å². The van der Waals surface area contributed by atoms with Crippen LogP contribution in [0, 0.1) is 5.92 Å². The zero-order valence-corrected chi connectivity index (χ0v) is 19.8. The smallest absolute Gasteiger partial charge is 0.158 e. The Hall–Kier alpha value is -2.80. The van der Waals surface area contributed by atoms with Crippen LogP contribution in [-0.4, -0.2) is 32.2 Å². The molecule has 0 bridgehead atoms. The summed E-state index contributed by atoms with van der Waals surface area (Å²) in [6, 6.07) is 4.23. The summed E-state index contributed by atoms with van der Waals surface area (Å²) in [4.78, 5) is 17.8. The largest absolute Gasteiger partial charge is 0.360 e. The zero-order chi connectivity index (χ0) is 23.4. The second-order valence-corrected chi connectivity index (χ2v) is 9.31. The van der Waals surface area contributed by atoms with E-state index in [-0.39, 0.29) is 17.7 Å². The molecule has 4 rings (SSSR count). The fraction of sp³-hybridized carbons (Fsp3) is 0.538. The molecule has 3 aromatic rings. The Morgan fingerprint density at radius 3 is 3.00 bits per heavy atom. The fourth-order valence-corrected chi connectivity index (χ4v) is 4.83. The van der Waals surface area contributed by atoms with Crippen molar-refractivity contribution in [3.63, 3.8) is 0 Å². The lowest BCUT2D eigenvalue weighted by Gasteiger charge is -2.21. The monoisotopic (exact) mass is 449 g/mol. The third-order valence-corrected chi connectivity index (χ3v) is 7.03.